The summed E-state index contributed by atoms with van der Waals surface area (Å²) in [6, 6.07) is 6.26. The third-order valence-electron chi connectivity index (χ3n) is 4.96. The highest BCUT2D eigenvalue weighted by Gasteiger charge is 2.44. The molecule has 2 aromatic rings. The van der Waals surface area contributed by atoms with Gasteiger partial charge < -0.3 is 18.9 Å². The lowest BCUT2D eigenvalue weighted by atomic mass is 10.0. The topological polar surface area (TPSA) is 104 Å². The van der Waals surface area contributed by atoms with Crippen LogP contribution in [0.15, 0.2) is 36.9 Å². The lowest BCUT2D eigenvalue weighted by Crippen LogP contribution is -2.45. The monoisotopic (exact) mass is 566 g/mol. The van der Waals surface area contributed by atoms with Gasteiger partial charge >= 0.3 is 24.3 Å². The second-order valence-corrected chi connectivity index (χ2v) is 10.6. The molecule has 0 unspecified atom stereocenters. The van der Waals surface area contributed by atoms with Crippen molar-refractivity contribution in [1.82, 2.24) is 4.98 Å². The van der Waals surface area contributed by atoms with Crippen LogP contribution in [0.2, 0.25) is 0 Å². The molecule has 0 aliphatic heterocycles. The number of anilines is 1. The van der Waals surface area contributed by atoms with Gasteiger partial charge in [-0.1, -0.05) is 24.3 Å². The Morgan fingerprint density at radius 1 is 0.975 bits per heavy atom. The Balaban J connectivity index is 2.97. The van der Waals surface area contributed by atoms with Crippen molar-refractivity contribution in [2.45, 2.75) is 72.3 Å². The van der Waals surface area contributed by atoms with Gasteiger partial charge in [-0.3, -0.25) is 0 Å². The number of methoxy groups -OCH3 is 1. The van der Waals surface area contributed by atoms with E-state index >= 15 is 0 Å². The molecule has 0 radical (unpaired) electrons. The van der Waals surface area contributed by atoms with E-state index in [1.807, 2.05) is 0 Å². The van der Waals surface area contributed by atoms with Crippen molar-refractivity contribution in [1.29, 1.82) is 0 Å². The maximum atomic E-state index is 14.6. The number of carbonyl (C=O) groups excluding carboxylic acids is 3. The fraction of sp³-hybridized carbons (Fsp3) is 0.429. The number of hydrogen-bond acceptors (Lipinski definition) is 8. The second-order valence-electron chi connectivity index (χ2n) is 10.6. The highest BCUT2D eigenvalue weighted by molar-refractivity contribution is 6.14. The number of esters is 1. The summed E-state index contributed by atoms with van der Waals surface area (Å²) in [5.74, 6) is -2.20. The number of benzene rings is 1. The number of hydrogen-bond donors (Lipinski definition) is 0. The molecule has 0 N–H and O–H groups in total. The number of nitrogens with zero attached hydrogens (tertiary/aromatic N) is 2. The van der Waals surface area contributed by atoms with Gasteiger partial charge in [-0.25, -0.2) is 19.4 Å². The quantitative estimate of drug-likeness (QED) is 0.202. The van der Waals surface area contributed by atoms with Crippen LogP contribution in [-0.4, -0.2) is 41.5 Å². The molecule has 0 aliphatic rings. The molecule has 218 valence electrons. The molecule has 0 bridgehead atoms. The molecule has 0 fully saturated rings. The maximum absolute atomic E-state index is 14.6. The average Bonchev–Trinajstić information content (AvgIpc) is 2.78. The standard InChI is InChI=1S/C28H33F3N2O7/c1-10-13-17-14-11-12-15-18(17)38-22-19(28(29,30)31)16(2)21(20(32-22)23(34)37-9)33(24(35)39-26(3,4)5)25(36)40-27(6,7)8/h10-12,14-15H,1,13H2,2-9H3. The highest BCUT2D eigenvalue weighted by Crippen LogP contribution is 2.44. The molecule has 0 saturated heterocycles. The van der Waals surface area contributed by atoms with E-state index in [2.05, 4.69) is 11.6 Å². The van der Waals surface area contributed by atoms with E-state index < -0.39 is 63.9 Å². The summed E-state index contributed by atoms with van der Waals surface area (Å²) < 4.78 is 64.6. The third kappa shape index (κ3) is 7.96. The van der Waals surface area contributed by atoms with Gasteiger partial charge in [-0.15, -0.1) is 6.58 Å². The number of carbonyl (C=O) groups is 3. The minimum atomic E-state index is -5.10. The van der Waals surface area contributed by atoms with Gasteiger partial charge in [-0.05, 0) is 72.1 Å². The molecular formula is C28H33F3N2O7. The molecule has 0 saturated carbocycles. The zero-order chi connectivity index (χ0) is 30.6. The van der Waals surface area contributed by atoms with E-state index in [9.17, 15) is 27.6 Å². The zero-order valence-corrected chi connectivity index (χ0v) is 23.7. The number of alkyl halides is 3. The number of amides is 2. The molecule has 1 heterocycles. The number of allylic oxidation sites excluding steroid dienone is 1. The van der Waals surface area contributed by atoms with Crippen molar-refractivity contribution in [3.63, 3.8) is 0 Å². The molecular weight excluding hydrogens is 533 g/mol. The molecule has 2 rings (SSSR count). The van der Waals surface area contributed by atoms with Crippen LogP contribution in [0.4, 0.5) is 28.4 Å². The molecule has 40 heavy (non-hydrogen) atoms. The van der Waals surface area contributed by atoms with Gasteiger partial charge in [-0.2, -0.15) is 18.1 Å². The SMILES string of the molecule is C=CCc1ccccc1Oc1nc(C(=O)OC)c(N(C(=O)OC(C)(C)C)C(=O)OC(C)(C)C)c(C)c1C(F)(F)F. The van der Waals surface area contributed by atoms with E-state index in [4.69, 9.17) is 18.9 Å². The van der Waals surface area contributed by atoms with Gasteiger partial charge in [0.2, 0.25) is 5.88 Å². The second kappa shape index (κ2) is 12.0. The predicted octanol–water partition coefficient (Wildman–Crippen LogP) is 7.39. The minimum absolute atomic E-state index is 0.0273. The van der Waals surface area contributed by atoms with Gasteiger partial charge in [0.15, 0.2) is 5.69 Å². The van der Waals surface area contributed by atoms with E-state index in [0.29, 0.717) is 5.56 Å². The summed E-state index contributed by atoms with van der Waals surface area (Å²) in [7, 11) is 0.964. The van der Waals surface area contributed by atoms with Gasteiger partial charge in [0.05, 0.1) is 12.8 Å². The Kier molecular flexibility index (Phi) is 9.61. The van der Waals surface area contributed by atoms with Crippen molar-refractivity contribution < 1.29 is 46.5 Å². The van der Waals surface area contributed by atoms with Gasteiger partial charge in [0, 0.05) is 0 Å². The summed E-state index contributed by atoms with van der Waals surface area (Å²) in [6.45, 7) is 13.5. The fourth-order valence-corrected chi connectivity index (χ4v) is 3.49. The van der Waals surface area contributed by atoms with E-state index in [1.165, 1.54) is 53.7 Å². The van der Waals surface area contributed by atoms with E-state index in [1.54, 1.807) is 18.2 Å². The van der Waals surface area contributed by atoms with Crippen LogP contribution in [0, 0.1) is 6.92 Å². The average molecular weight is 567 g/mol. The first kappa shape index (κ1) is 32.1. The number of pyridine rings is 1. The number of ether oxygens (including phenoxy) is 4. The molecule has 9 nitrogen and oxygen atoms in total. The minimum Gasteiger partial charge on any atom is -0.464 e. The van der Waals surface area contributed by atoms with Crippen molar-refractivity contribution in [3.05, 3.63) is 59.3 Å². The third-order valence-corrected chi connectivity index (χ3v) is 4.96. The number of rotatable bonds is 6. The lowest BCUT2D eigenvalue weighted by molar-refractivity contribution is -0.139. The molecule has 0 spiro atoms. The Labute approximate surface area is 230 Å². The summed E-state index contributed by atoms with van der Waals surface area (Å²) in [4.78, 5) is 43.4. The van der Waals surface area contributed by atoms with Crippen molar-refractivity contribution in [2.24, 2.45) is 0 Å². The summed E-state index contributed by atoms with van der Waals surface area (Å²) >= 11 is 0. The van der Waals surface area contributed by atoms with Crippen LogP contribution in [0.3, 0.4) is 0 Å². The molecule has 1 aromatic heterocycles. The van der Waals surface area contributed by atoms with Crippen molar-refractivity contribution >= 4 is 23.8 Å². The van der Waals surface area contributed by atoms with E-state index in [0.717, 1.165) is 14.0 Å². The summed E-state index contributed by atoms with van der Waals surface area (Å²) in [6.07, 6.45) is -6.08. The Bertz CT molecular complexity index is 1260. The summed E-state index contributed by atoms with van der Waals surface area (Å²) in [5.41, 5.74) is -5.63. The first-order valence-corrected chi connectivity index (χ1v) is 12.1. The number of para-hydroxylation sites is 1. The Hall–Kier alpha value is -4.09. The smallest absolute Gasteiger partial charge is 0.424 e. The molecule has 0 aliphatic carbocycles. The van der Waals surface area contributed by atoms with E-state index in [-0.39, 0.29) is 17.1 Å². The highest BCUT2D eigenvalue weighted by atomic mass is 19.4. The number of imide groups is 1. The van der Waals surface area contributed by atoms with Gasteiger partial charge in [0.25, 0.3) is 0 Å². The first-order chi connectivity index (χ1) is 18.3. The van der Waals surface area contributed by atoms with Crippen molar-refractivity contribution in [2.75, 3.05) is 12.0 Å². The maximum Gasteiger partial charge on any atom is 0.424 e. The Morgan fingerprint density at radius 2 is 1.50 bits per heavy atom. The van der Waals surface area contributed by atoms with Crippen LogP contribution in [-0.2, 0) is 26.8 Å². The lowest BCUT2D eigenvalue weighted by Gasteiger charge is -2.30. The first-order valence-electron chi connectivity index (χ1n) is 12.1. The zero-order valence-electron chi connectivity index (χ0n) is 23.7. The van der Waals surface area contributed by atoms with Crippen molar-refractivity contribution in [3.8, 4) is 11.6 Å². The molecule has 0 atom stereocenters. The summed E-state index contributed by atoms with van der Waals surface area (Å²) in [5, 5.41) is 0. The Morgan fingerprint density at radius 3 is 1.95 bits per heavy atom. The van der Waals surface area contributed by atoms with Crippen LogP contribution in [0.5, 0.6) is 11.6 Å². The van der Waals surface area contributed by atoms with Crippen LogP contribution >= 0.6 is 0 Å². The molecule has 2 amide bonds. The van der Waals surface area contributed by atoms with Crippen LogP contribution < -0.4 is 9.64 Å². The van der Waals surface area contributed by atoms with Crippen LogP contribution in [0.25, 0.3) is 0 Å². The number of aromatic nitrogens is 1. The number of halogens is 3. The van der Waals surface area contributed by atoms with Crippen LogP contribution in [0.1, 0.15) is 68.7 Å². The van der Waals surface area contributed by atoms with Gasteiger partial charge in [0.1, 0.15) is 22.5 Å². The predicted molar refractivity (Wildman–Crippen MR) is 141 cm³/mol. The largest absolute Gasteiger partial charge is 0.464 e. The normalized spacial score (nSPS) is 11.9. The molecule has 1 aromatic carbocycles. The molecule has 12 heteroatoms. The fourth-order valence-electron chi connectivity index (χ4n) is 3.49.